The van der Waals surface area contributed by atoms with E-state index in [1.54, 1.807) is 24.1 Å². The van der Waals surface area contributed by atoms with E-state index in [-0.39, 0.29) is 5.82 Å². The Morgan fingerprint density at radius 1 is 1.36 bits per heavy atom. The summed E-state index contributed by atoms with van der Waals surface area (Å²) in [5.74, 6) is 0.140. The lowest BCUT2D eigenvalue weighted by Crippen LogP contribution is -1.90. The third-order valence-electron chi connectivity index (χ3n) is 1.97. The zero-order valence-corrected chi connectivity index (χ0v) is 8.03. The van der Waals surface area contributed by atoms with Crippen LogP contribution in [0.2, 0.25) is 0 Å². The van der Waals surface area contributed by atoms with Crippen LogP contribution in [0.15, 0.2) is 24.5 Å². The first-order valence-electron chi connectivity index (χ1n) is 4.29. The summed E-state index contributed by atoms with van der Waals surface area (Å²) in [5, 5.41) is 4.04. The second-order valence-electron chi connectivity index (χ2n) is 3.23. The average molecular weight is 191 g/mol. The molecular formula is C10H10FN3. The molecule has 0 spiro atoms. The Bertz CT molecular complexity index is 462. The van der Waals surface area contributed by atoms with Gasteiger partial charge in [-0.05, 0) is 24.6 Å². The van der Waals surface area contributed by atoms with Gasteiger partial charge in [0.25, 0.3) is 0 Å². The fraction of sp³-hybridized carbons (Fsp3) is 0.200. The van der Waals surface area contributed by atoms with E-state index < -0.39 is 0 Å². The van der Waals surface area contributed by atoms with Gasteiger partial charge in [0.15, 0.2) is 5.82 Å². The van der Waals surface area contributed by atoms with Crippen molar-refractivity contribution in [2.75, 3.05) is 0 Å². The molecule has 3 nitrogen and oxygen atoms in total. The van der Waals surface area contributed by atoms with Gasteiger partial charge >= 0.3 is 0 Å². The highest BCUT2D eigenvalue weighted by molar-refractivity contribution is 5.55. The fourth-order valence-corrected chi connectivity index (χ4v) is 1.26. The van der Waals surface area contributed by atoms with Gasteiger partial charge in [-0.15, -0.1) is 0 Å². The molecule has 72 valence electrons. The first-order valence-corrected chi connectivity index (χ1v) is 4.29. The van der Waals surface area contributed by atoms with Crippen molar-refractivity contribution in [1.29, 1.82) is 0 Å². The Morgan fingerprint density at radius 3 is 2.71 bits per heavy atom. The van der Waals surface area contributed by atoms with Gasteiger partial charge in [-0.25, -0.2) is 9.37 Å². The van der Waals surface area contributed by atoms with Gasteiger partial charge in [0, 0.05) is 7.05 Å². The fourth-order valence-electron chi connectivity index (χ4n) is 1.26. The van der Waals surface area contributed by atoms with Crippen LogP contribution in [-0.2, 0) is 7.05 Å². The Kier molecular flexibility index (Phi) is 2.04. The highest BCUT2D eigenvalue weighted by Gasteiger charge is 2.08. The predicted octanol–water partition coefficient (Wildman–Crippen LogP) is 1.93. The van der Waals surface area contributed by atoms with Gasteiger partial charge in [0.1, 0.15) is 12.1 Å². The second kappa shape index (κ2) is 3.21. The second-order valence-corrected chi connectivity index (χ2v) is 3.23. The molecule has 0 bridgehead atoms. The lowest BCUT2D eigenvalue weighted by atomic mass is 10.1. The molecule has 0 amide bonds. The van der Waals surface area contributed by atoms with Gasteiger partial charge in [-0.1, -0.05) is 6.07 Å². The van der Waals surface area contributed by atoms with Crippen molar-refractivity contribution in [3.05, 3.63) is 35.9 Å². The van der Waals surface area contributed by atoms with E-state index in [0.717, 1.165) is 5.56 Å². The van der Waals surface area contributed by atoms with Crippen LogP contribution in [0.1, 0.15) is 5.56 Å². The molecule has 1 aromatic carbocycles. The largest absolute Gasteiger partial charge is 0.255 e. The van der Waals surface area contributed by atoms with Crippen LogP contribution in [0.5, 0.6) is 0 Å². The van der Waals surface area contributed by atoms with Gasteiger partial charge in [0.05, 0.1) is 5.56 Å². The summed E-state index contributed by atoms with van der Waals surface area (Å²) in [5.41, 5.74) is 1.33. The minimum Gasteiger partial charge on any atom is -0.255 e. The summed E-state index contributed by atoms with van der Waals surface area (Å²) in [7, 11) is 1.75. The van der Waals surface area contributed by atoms with Crippen LogP contribution in [0, 0.1) is 12.7 Å². The van der Waals surface area contributed by atoms with Crippen LogP contribution < -0.4 is 0 Å². The summed E-state index contributed by atoms with van der Waals surface area (Å²) in [4.78, 5) is 3.99. The minimum absolute atomic E-state index is 0.281. The third kappa shape index (κ3) is 1.51. The smallest absolute Gasteiger partial charge is 0.184 e. The molecule has 0 atom stereocenters. The van der Waals surface area contributed by atoms with Crippen LogP contribution in [0.25, 0.3) is 11.4 Å². The average Bonchev–Trinajstić information content (AvgIpc) is 2.51. The monoisotopic (exact) mass is 191 g/mol. The highest BCUT2D eigenvalue weighted by atomic mass is 19.1. The molecule has 0 aliphatic heterocycles. The molecule has 0 fully saturated rings. The van der Waals surface area contributed by atoms with Crippen molar-refractivity contribution in [3.8, 4) is 11.4 Å². The summed E-state index contributed by atoms with van der Waals surface area (Å²) < 4.78 is 15.0. The normalized spacial score (nSPS) is 10.5. The molecule has 1 aromatic heterocycles. The van der Waals surface area contributed by atoms with Crippen molar-refractivity contribution in [2.45, 2.75) is 6.92 Å². The maximum Gasteiger partial charge on any atom is 0.184 e. The molecule has 4 heteroatoms. The van der Waals surface area contributed by atoms with Crippen molar-refractivity contribution < 1.29 is 4.39 Å². The van der Waals surface area contributed by atoms with Crippen molar-refractivity contribution >= 4 is 0 Å². The van der Waals surface area contributed by atoms with E-state index in [0.29, 0.717) is 11.4 Å². The number of benzene rings is 1. The van der Waals surface area contributed by atoms with E-state index in [9.17, 15) is 4.39 Å². The van der Waals surface area contributed by atoms with E-state index in [1.165, 1.54) is 6.07 Å². The van der Waals surface area contributed by atoms with Crippen molar-refractivity contribution in [2.24, 2.45) is 7.05 Å². The quantitative estimate of drug-likeness (QED) is 0.689. The third-order valence-corrected chi connectivity index (χ3v) is 1.97. The lowest BCUT2D eigenvalue weighted by Gasteiger charge is -1.98. The summed E-state index contributed by atoms with van der Waals surface area (Å²) in [6.07, 6.45) is 1.55. The highest BCUT2D eigenvalue weighted by Crippen LogP contribution is 2.19. The Hall–Kier alpha value is -1.71. The van der Waals surface area contributed by atoms with Gasteiger partial charge in [-0.3, -0.25) is 4.68 Å². The maximum atomic E-state index is 13.5. The van der Waals surface area contributed by atoms with E-state index in [4.69, 9.17) is 0 Å². The van der Waals surface area contributed by atoms with Gasteiger partial charge in [0.2, 0.25) is 0 Å². The Balaban J connectivity index is 2.52. The molecule has 2 aromatic rings. The standard InChI is InChI=1S/C10H10FN3/c1-7-3-4-8(9(11)5-7)10-12-6-14(2)13-10/h3-6H,1-2H3. The zero-order valence-electron chi connectivity index (χ0n) is 8.03. The number of nitrogens with zero attached hydrogens (tertiary/aromatic N) is 3. The first-order chi connectivity index (χ1) is 6.66. The minimum atomic E-state index is -0.281. The van der Waals surface area contributed by atoms with E-state index in [2.05, 4.69) is 10.1 Å². The summed E-state index contributed by atoms with van der Waals surface area (Å²) in [6, 6.07) is 5.01. The molecule has 14 heavy (non-hydrogen) atoms. The molecule has 1 heterocycles. The maximum absolute atomic E-state index is 13.5. The molecular weight excluding hydrogens is 181 g/mol. The molecule has 0 saturated heterocycles. The van der Waals surface area contributed by atoms with Gasteiger partial charge in [-0.2, -0.15) is 5.10 Å². The van der Waals surface area contributed by atoms with E-state index >= 15 is 0 Å². The first kappa shape index (κ1) is 8.87. The summed E-state index contributed by atoms with van der Waals surface area (Å²) in [6.45, 7) is 1.85. The van der Waals surface area contributed by atoms with Crippen molar-refractivity contribution in [3.63, 3.8) is 0 Å². The van der Waals surface area contributed by atoms with Crippen LogP contribution in [0.4, 0.5) is 4.39 Å². The van der Waals surface area contributed by atoms with Crippen LogP contribution in [-0.4, -0.2) is 14.8 Å². The molecule has 0 aliphatic carbocycles. The number of hydrogen-bond acceptors (Lipinski definition) is 2. The predicted molar refractivity (Wildman–Crippen MR) is 51.1 cm³/mol. The number of aromatic nitrogens is 3. The lowest BCUT2D eigenvalue weighted by molar-refractivity contribution is 0.628. The Morgan fingerprint density at radius 2 is 2.14 bits per heavy atom. The van der Waals surface area contributed by atoms with Crippen LogP contribution in [0.3, 0.4) is 0 Å². The molecule has 0 aliphatic rings. The Labute approximate surface area is 81.2 Å². The number of rotatable bonds is 1. The zero-order chi connectivity index (χ0) is 10.1. The molecule has 0 unspecified atom stereocenters. The molecule has 0 saturated carbocycles. The van der Waals surface area contributed by atoms with Gasteiger partial charge < -0.3 is 0 Å². The topological polar surface area (TPSA) is 30.7 Å². The number of hydrogen-bond donors (Lipinski definition) is 0. The molecule has 0 N–H and O–H groups in total. The van der Waals surface area contributed by atoms with Crippen LogP contribution >= 0.6 is 0 Å². The molecule has 2 rings (SSSR count). The summed E-state index contributed by atoms with van der Waals surface area (Å²) >= 11 is 0. The number of halogens is 1. The number of aryl methyl sites for hydroxylation is 2. The van der Waals surface area contributed by atoms with Crippen molar-refractivity contribution in [1.82, 2.24) is 14.8 Å². The van der Waals surface area contributed by atoms with E-state index in [1.807, 2.05) is 13.0 Å². The SMILES string of the molecule is Cc1ccc(-c2ncn(C)n2)c(F)c1. The molecule has 0 radical (unpaired) electrons.